The van der Waals surface area contributed by atoms with E-state index in [2.05, 4.69) is 5.32 Å². The maximum absolute atomic E-state index is 14.0. The second kappa shape index (κ2) is 10.7. The maximum atomic E-state index is 14.0. The Morgan fingerprint density at radius 2 is 1.89 bits per heavy atom. The van der Waals surface area contributed by atoms with Crippen molar-refractivity contribution in [2.24, 2.45) is 0 Å². The van der Waals surface area contributed by atoms with Gasteiger partial charge in [-0.2, -0.15) is 0 Å². The van der Waals surface area contributed by atoms with E-state index in [9.17, 15) is 14.0 Å². The third-order valence-electron chi connectivity index (χ3n) is 4.21. The second-order valence-electron chi connectivity index (χ2n) is 6.13. The van der Waals surface area contributed by atoms with Gasteiger partial charge in [-0.3, -0.25) is 9.59 Å². The summed E-state index contributed by atoms with van der Waals surface area (Å²) in [6.07, 6.45) is 0. The highest BCUT2D eigenvalue weighted by atomic mass is 35.5. The van der Waals surface area contributed by atoms with Gasteiger partial charge in [0.05, 0.1) is 5.75 Å². The summed E-state index contributed by atoms with van der Waals surface area (Å²) in [5, 5.41) is 3.61. The Balaban J connectivity index is 2.07. The first kappa shape index (κ1) is 22.5. The van der Waals surface area contributed by atoms with Gasteiger partial charge < -0.3 is 10.2 Å². The Morgan fingerprint density at radius 1 is 1.18 bits per heavy atom. The fourth-order valence-corrected chi connectivity index (χ4v) is 4.04. The molecule has 0 aromatic heterocycles. The van der Waals surface area contributed by atoms with E-state index in [1.807, 2.05) is 6.07 Å². The molecular formula is C20H21Cl2FN2O2S. The predicted octanol–water partition coefficient (Wildman–Crippen LogP) is 4.53. The molecule has 0 bridgehead atoms. The van der Waals surface area contributed by atoms with Crippen LogP contribution < -0.4 is 5.32 Å². The van der Waals surface area contributed by atoms with Gasteiger partial charge in [0.25, 0.3) is 0 Å². The van der Waals surface area contributed by atoms with Gasteiger partial charge in [0.15, 0.2) is 0 Å². The molecule has 2 aromatic carbocycles. The minimum Gasteiger partial charge on any atom is -0.357 e. The van der Waals surface area contributed by atoms with E-state index in [0.717, 1.165) is 5.56 Å². The van der Waals surface area contributed by atoms with Gasteiger partial charge in [-0.1, -0.05) is 47.5 Å². The lowest BCUT2D eigenvalue weighted by atomic mass is 10.1. The maximum Gasteiger partial charge on any atom is 0.242 e. The molecule has 150 valence electrons. The molecule has 8 heteroatoms. The van der Waals surface area contributed by atoms with E-state index in [-0.39, 0.29) is 24.1 Å². The average Bonchev–Trinajstić information content (AvgIpc) is 2.67. The molecule has 0 unspecified atom stereocenters. The van der Waals surface area contributed by atoms with E-state index in [0.29, 0.717) is 21.4 Å². The highest BCUT2D eigenvalue weighted by Gasteiger charge is 2.26. The Labute approximate surface area is 178 Å². The number of benzene rings is 2. The molecule has 0 fully saturated rings. The summed E-state index contributed by atoms with van der Waals surface area (Å²) in [5.41, 5.74) is 1.22. The summed E-state index contributed by atoms with van der Waals surface area (Å²) < 4.78 is 14.0. The van der Waals surface area contributed by atoms with Gasteiger partial charge in [-0.25, -0.2) is 4.39 Å². The number of rotatable bonds is 8. The minimum atomic E-state index is -0.725. The van der Waals surface area contributed by atoms with Crippen LogP contribution in [0.15, 0.2) is 42.5 Å². The zero-order chi connectivity index (χ0) is 20.7. The molecular weight excluding hydrogens is 422 g/mol. The molecule has 2 aromatic rings. The highest BCUT2D eigenvalue weighted by Crippen LogP contribution is 2.25. The molecule has 0 aliphatic carbocycles. The van der Waals surface area contributed by atoms with Crippen LogP contribution in [0, 0.1) is 5.82 Å². The molecule has 28 heavy (non-hydrogen) atoms. The van der Waals surface area contributed by atoms with Gasteiger partial charge in [-0.05, 0) is 30.7 Å². The lowest BCUT2D eigenvalue weighted by Crippen LogP contribution is -2.47. The molecule has 4 nitrogen and oxygen atoms in total. The largest absolute Gasteiger partial charge is 0.357 e. The number of likely N-dealkylation sites (N-methyl/N-ethyl adjacent to an activating group) is 1. The van der Waals surface area contributed by atoms with Gasteiger partial charge in [0.1, 0.15) is 11.9 Å². The van der Waals surface area contributed by atoms with Crippen LogP contribution in [-0.2, 0) is 21.9 Å². The Hall–Kier alpha value is -1.76. The van der Waals surface area contributed by atoms with E-state index < -0.39 is 11.9 Å². The first-order valence-electron chi connectivity index (χ1n) is 8.59. The van der Waals surface area contributed by atoms with Crippen molar-refractivity contribution in [3.63, 3.8) is 0 Å². The summed E-state index contributed by atoms with van der Waals surface area (Å²) in [6.45, 7) is 1.64. The molecule has 0 saturated carbocycles. The molecule has 2 amide bonds. The molecule has 0 spiro atoms. The van der Waals surface area contributed by atoms with Gasteiger partial charge in [-0.15, -0.1) is 11.8 Å². The first-order valence-corrected chi connectivity index (χ1v) is 10.5. The average molecular weight is 443 g/mol. The van der Waals surface area contributed by atoms with E-state index in [4.69, 9.17) is 23.2 Å². The van der Waals surface area contributed by atoms with Crippen LogP contribution in [0.5, 0.6) is 0 Å². The van der Waals surface area contributed by atoms with Crippen molar-refractivity contribution in [3.05, 3.63) is 69.5 Å². The monoisotopic (exact) mass is 442 g/mol. The van der Waals surface area contributed by atoms with Crippen LogP contribution in [0.3, 0.4) is 0 Å². The van der Waals surface area contributed by atoms with Gasteiger partial charge >= 0.3 is 0 Å². The number of nitrogens with one attached hydrogen (secondary N) is 1. The quantitative estimate of drug-likeness (QED) is 0.653. The lowest BCUT2D eigenvalue weighted by Gasteiger charge is -2.28. The zero-order valence-corrected chi connectivity index (χ0v) is 17.9. The SMILES string of the molecule is CNC(=O)[C@@H](C)N(Cc1ccccc1F)C(=O)CSCc1ccc(Cl)cc1Cl. The summed E-state index contributed by atoms with van der Waals surface area (Å²) >= 11 is 13.4. The van der Waals surface area contributed by atoms with Crippen LogP contribution in [0.1, 0.15) is 18.1 Å². The van der Waals surface area contributed by atoms with Crippen molar-refractivity contribution in [1.82, 2.24) is 10.2 Å². The van der Waals surface area contributed by atoms with Crippen LogP contribution in [0.25, 0.3) is 0 Å². The molecule has 1 N–H and O–H groups in total. The van der Waals surface area contributed by atoms with Crippen molar-refractivity contribution in [1.29, 1.82) is 0 Å². The van der Waals surface area contributed by atoms with Crippen molar-refractivity contribution in [2.75, 3.05) is 12.8 Å². The third-order valence-corrected chi connectivity index (χ3v) is 5.76. The smallest absolute Gasteiger partial charge is 0.242 e. The van der Waals surface area contributed by atoms with Crippen LogP contribution in [-0.4, -0.2) is 35.6 Å². The fraction of sp³-hybridized carbons (Fsp3) is 0.300. The van der Waals surface area contributed by atoms with E-state index in [1.54, 1.807) is 37.3 Å². The van der Waals surface area contributed by atoms with Crippen LogP contribution >= 0.6 is 35.0 Å². The number of hydrogen-bond acceptors (Lipinski definition) is 3. The number of carbonyl (C=O) groups is 2. The Bertz CT molecular complexity index is 851. The Morgan fingerprint density at radius 3 is 2.54 bits per heavy atom. The zero-order valence-electron chi connectivity index (χ0n) is 15.5. The molecule has 0 radical (unpaired) electrons. The normalized spacial score (nSPS) is 11.8. The van der Waals surface area contributed by atoms with Crippen molar-refractivity contribution < 1.29 is 14.0 Å². The first-order chi connectivity index (χ1) is 13.3. The van der Waals surface area contributed by atoms with Crippen LogP contribution in [0.4, 0.5) is 4.39 Å². The minimum absolute atomic E-state index is 0.0162. The fourth-order valence-electron chi connectivity index (χ4n) is 2.57. The van der Waals surface area contributed by atoms with Gasteiger partial charge in [0, 0.05) is 35.0 Å². The summed E-state index contributed by atoms with van der Waals surface area (Å²) in [5.74, 6) is -0.326. The van der Waals surface area contributed by atoms with Crippen molar-refractivity contribution >= 4 is 46.8 Å². The number of halogens is 3. The predicted molar refractivity (Wildman–Crippen MR) is 113 cm³/mol. The number of nitrogens with zero attached hydrogens (tertiary/aromatic N) is 1. The molecule has 1 atom stereocenters. The summed E-state index contributed by atoms with van der Waals surface area (Å²) in [4.78, 5) is 26.3. The number of carbonyl (C=O) groups excluding carboxylic acids is 2. The van der Waals surface area contributed by atoms with Gasteiger partial charge in [0.2, 0.25) is 11.8 Å². The molecule has 0 aliphatic heterocycles. The second-order valence-corrected chi connectivity index (χ2v) is 7.96. The standard InChI is InChI=1S/C20H21Cl2FN2O2S/c1-13(20(27)24-2)25(10-14-5-3-4-6-18(14)23)19(26)12-28-11-15-7-8-16(21)9-17(15)22/h3-9,13H,10-12H2,1-2H3,(H,24,27)/t13-/m1/s1. The molecule has 0 aliphatic rings. The van der Waals surface area contributed by atoms with E-state index >= 15 is 0 Å². The number of thioether (sulfide) groups is 1. The summed E-state index contributed by atoms with van der Waals surface area (Å²) in [7, 11) is 1.50. The van der Waals surface area contributed by atoms with Crippen molar-refractivity contribution in [2.45, 2.75) is 25.3 Å². The Kier molecular flexibility index (Phi) is 8.60. The molecule has 0 heterocycles. The van der Waals surface area contributed by atoms with Crippen LogP contribution in [0.2, 0.25) is 10.0 Å². The highest BCUT2D eigenvalue weighted by molar-refractivity contribution is 7.99. The third kappa shape index (κ3) is 6.12. The van der Waals surface area contributed by atoms with E-state index in [1.165, 1.54) is 29.8 Å². The molecule has 0 saturated heterocycles. The lowest BCUT2D eigenvalue weighted by molar-refractivity contribution is -0.138. The number of amides is 2. The topological polar surface area (TPSA) is 49.4 Å². The van der Waals surface area contributed by atoms with Crippen molar-refractivity contribution in [3.8, 4) is 0 Å². The molecule has 2 rings (SSSR count). The number of hydrogen-bond donors (Lipinski definition) is 1. The summed E-state index contributed by atoms with van der Waals surface area (Å²) in [6, 6.07) is 10.7.